The Hall–Kier alpha value is -2.57. The summed E-state index contributed by atoms with van der Waals surface area (Å²) in [5, 5.41) is 22.0. The Balaban J connectivity index is 1.83. The fourth-order valence-corrected chi connectivity index (χ4v) is 4.41. The van der Waals surface area contributed by atoms with Gasteiger partial charge in [-0.2, -0.15) is 0 Å². The molecule has 0 unspecified atom stereocenters. The van der Waals surface area contributed by atoms with Crippen molar-refractivity contribution >= 4 is 17.7 Å². The smallest absolute Gasteiger partial charge is 0.322 e. The maximum atomic E-state index is 13.1. The van der Waals surface area contributed by atoms with Crippen LogP contribution in [-0.4, -0.2) is 39.0 Å². The molecule has 3 aliphatic rings. The Morgan fingerprint density at radius 3 is 2.54 bits per heavy atom. The molecule has 2 fully saturated rings. The van der Waals surface area contributed by atoms with Gasteiger partial charge in [-0.1, -0.05) is 19.3 Å². The van der Waals surface area contributed by atoms with Gasteiger partial charge in [0.25, 0.3) is 5.91 Å². The molecule has 1 aromatic rings. The van der Waals surface area contributed by atoms with Crippen molar-refractivity contribution < 1.29 is 24.6 Å². The van der Waals surface area contributed by atoms with Gasteiger partial charge in [0, 0.05) is 6.20 Å². The Morgan fingerprint density at radius 1 is 1.23 bits per heavy atom. The van der Waals surface area contributed by atoms with Gasteiger partial charge in [-0.05, 0) is 43.2 Å². The summed E-state index contributed by atoms with van der Waals surface area (Å²) >= 11 is 0. The number of allylic oxidation sites excluding steroid dienone is 1. The van der Waals surface area contributed by atoms with Crippen LogP contribution in [0.3, 0.4) is 0 Å². The van der Waals surface area contributed by atoms with E-state index in [0.29, 0.717) is 24.5 Å². The van der Waals surface area contributed by atoms with E-state index < -0.39 is 29.7 Å². The number of nitrogens with one attached hydrogen (secondary N) is 1. The molecule has 1 aromatic heterocycles. The summed E-state index contributed by atoms with van der Waals surface area (Å²) in [5.41, 5.74) is 0.370. The summed E-state index contributed by atoms with van der Waals surface area (Å²) in [6.45, 7) is -0.591. The number of rotatable bonds is 4. The second kappa shape index (κ2) is 6.00. The van der Waals surface area contributed by atoms with Crippen molar-refractivity contribution in [3.63, 3.8) is 0 Å². The molecule has 1 aliphatic heterocycles. The van der Waals surface area contributed by atoms with Gasteiger partial charge >= 0.3 is 5.97 Å². The third kappa shape index (κ3) is 2.45. The molecule has 0 radical (unpaired) electrons. The number of aliphatic carboxylic acids is 1. The second-order valence-electron chi connectivity index (χ2n) is 7.49. The van der Waals surface area contributed by atoms with Crippen LogP contribution in [0.25, 0.3) is 0 Å². The number of aliphatic hydroxyl groups excluding tert-OH is 1. The normalized spacial score (nSPS) is 21.6. The first-order chi connectivity index (χ1) is 12.5. The summed E-state index contributed by atoms with van der Waals surface area (Å²) in [6, 6.07) is 1.94. The van der Waals surface area contributed by atoms with E-state index in [-0.39, 0.29) is 11.3 Å². The first-order valence-corrected chi connectivity index (χ1v) is 9.16. The van der Waals surface area contributed by atoms with E-state index in [1.54, 1.807) is 0 Å². The van der Waals surface area contributed by atoms with Crippen molar-refractivity contribution in [2.24, 2.45) is 0 Å². The van der Waals surface area contributed by atoms with E-state index >= 15 is 0 Å². The zero-order valence-corrected chi connectivity index (χ0v) is 14.5. The van der Waals surface area contributed by atoms with Crippen LogP contribution in [0.5, 0.6) is 0 Å². The van der Waals surface area contributed by atoms with Crippen molar-refractivity contribution in [1.82, 2.24) is 9.88 Å². The standard InChI is InChI=1S/C19H22N2O5/c22-13(23)10-20-18(26)14-16(24)15-12(11-4-5-11)6-9-21(15)19(17(14)25)7-2-1-3-8-19/h6,9,11,25H,1-5,7-8,10H2,(H,20,26)(H,22,23). The minimum Gasteiger partial charge on any atom is -0.509 e. The molecule has 138 valence electrons. The van der Waals surface area contributed by atoms with E-state index in [0.717, 1.165) is 37.7 Å². The lowest BCUT2D eigenvalue weighted by molar-refractivity contribution is -0.137. The van der Waals surface area contributed by atoms with Crippen LogP contribution in [0.1, 0.15) is 66.9 Å². The molecule has 0 atom stereocenters. The number of ketones is 1. The zero-order chi connectivity index (χ0) is 18.5. The molecule has 7 heteroatoms. The minimum atomic E-state index is -1.20. The van der Waals surface area contributed by atoms with Crippen LogP contribution in [0, 0.1) is 0 Å². The van der Waals surface area contributed by atoms with Crippen molar-refractivity contribution in [3.05, 3.63) is 34.9 Å². The number of hydrogen-bond donors (Lipinski definition) is 3. The van der Waals surface area contributed by atoms with Crippen LogP contribution in [0.15, 0.2) is 23.6 Å². The maximum Gasteiger partial charge on any atom is 0.322 e. The van der Waals surface area contributed by atoms with Crippen molar-refractivity contribution in [2.75, 3.05) is 6.54 Å². The monoisotopic (exact) mass is 358 g/mol. The molecule has 0 saturated heterocycles. The second-order valence-corrected chi connectivity index (χ2v) is 7.49. The molecule has 4 rings (SSSR count). The number of Topliss-reactive ketones (excluding diaryl/α,β-unsaturated/α-hetero) is 1. The molecular formula is C19H22N2O5. The molecule has 2 aliphatic carbocycles. The molecule has 1 amide bonds. The highest BCUT2D eigenvalue weighted by molar-refractivity contribution is 6.27. The Labute approximate surface area is 150 Å². The quantitative estimate of drug-likeness (QED) is 0.715. The first-order valence-electron chi connectivity index (χ1n) is 9.16. The Bertz CT molecular complexity index is 825. The number of carboxylic acid groups (broad SMARTS) is 1. The van der Waals surface area contributed by atoms with Gasteiger partial charge in [0.15, 0.2) is 0 Å². The number of hydrogen-bond acceptors (Lipinski definition) is 4. The van der Waals surface area contributed by atoms with E-state index in [1.165, 1.54) is 0 Å². The third-order valence-electron chi connectivity index (χ3n) is 5.82. The molecule has 1 spiro atoms. The molecule has 0 aromatic carbocycles. The highest BCUT2D eigenvalue weighted by Gasteiger charge is 2.49. The number of carboxylic acids is 1. The van der Waals surface area contributed by atoms with Crippen molar-refractivity contribution in [1.29, 1.82) is 0 Å². The molecule has 2 heterocycles. The van der Waals surface area contributed by atoms with Gasteiger partial charge in [-0.25, -0.2) is 0 Å². The predicted molar refractivity (Wildman–Crippen MR) is 92.1 cm³/mol. The summed E-state index contributed by atoms with van der Waals surface area (Å²) in [4.78, 5) is 36.4. The number of aromatic nitrogens is 1. The first kappa shape index (κ1) is 16.9. The number of fused-ring (bicyclic) bond motifs is 2. The van der Waals surface area contributed by atoms with E-state index in [1.807, 2.05) is 16.8 Å². The van der Waals surface area contributed by atoms with Gasteiger partial charge in [0.05, 0.1) is 5.69 Å². The molecule has 26 heavy (non-hydrogen) atoms. The molecule has 2 saturated carbocycles. The fourth-order valence-electron chi connectivity index (χ4n) is 4.41. The van der Waals surface area contributed by atoms with Gasteiger partial charge in [-0.15, -0.1) is 0 Å². The van der Waals surface area contributed by atoms with Crippen molar-refractivity contribution in [2.45, 2.75) is 56.4 Å². The summed E-state index contributed by atoms with van der Waals surface area (Å²) in [5.74, 6) is -2.39. The highest BCUT2D eigenvalue weighted by atomic mass is 16.4. The number of nitrogens with zero attached hydrogens (tertiary/aromatic N) is 1. The summed E-state index contributed by atoms with van der Waals surface area (Å²) in [6.07, 6.45) is 8.09. The van der Waals surface area contributed by atoms with Gasteiger partial charge in [-0.3, -0.25) is 14.4 Å². The fraction of sp³-hybridized carbons (Fsp3) is 0.526. The van der Waals surface area contributed by atoms with Crippen LogP contribution in [0.2, 0.25) is 0 Å². The average molecular weight is 358 g/mol. The Morgan fingerprint density at radius 2 is 1.92 bits per heavy atom. The SMILES string of the molecule is O=C(O)CNC(=O)C1=C(O)C2(CCCCC2)n2ccc(C3CC3)c2C1=O. The largest absolute Gasteiger partial charge is 0.509 e. The van der Waals surface area contributed by atoms with Gasteiger partial charge in [0.1, 0.15) is 23.4 Å². The number of carbonyl (C=O) groups is 3. The molecule has 0 bridgehead atoms. The third-order valence-corrected chi connectivity index (χ3v) is 5.82. The van der Waals surface area contributed by atoms with Crippen LogP contribution >= 0.6 is 0 Å². The predicted octanol–water partition coefficient (Wildman–Crippen LogP) is 2.23. The van der Waals surface area contributed by atoms with E-state index in [9.17, 15) is 19.5 Å². The Kier molecular flexibility index (Phi) is 3.89. The maximum absolute atomic E-state index is 13.1. The van der Waals surface area contributed by atoms with Gasteiger partial charge in [0.2, 0.25) is 5.78 Å². The lowest BCUT2D eigenvalue weighted by Crippen LogP contribution is -2.47. The minimum absolute atomic E-state index is 0.212. The number of aliphatic hydroxyl groups is 1. The van der Waals surface area contributed by atoms with Crippen LogP contribution < -0.4 is 5.32 Å². The zero-order valence-electron chi connectivity index (χ0n) is 14.5. The van der Waals surface area contributed by atoms with Crippen molar-refractivity contribution in [3.8, 4) is 0 Å². The number of carbonyl (C=O) groups excluding carboxylic acids is 2. The topological polar surface area (TPSA) is 109 Å². The lowest BCUT2D eigenvalue weighted by atomic mass is 9.75. The summed E-state index contributed by atoms with van der Waals surface area (Å²) in [7, 11) is 0. The molecular weight excluding hydrogens is 336 g/mol. The van der Waals surface area contributed by atoms with Crippen LogP contribution in [-0.2, 0) is 15.1 Å². The van der Waals surface area contributed by atoms with E-state index in [4.69, 9.17) is 5.11 Å². The average Bonchev–Trinajstić information content (AvgIpc) is 3.37. The highest BCUT2D eigenvalue weighted by Crippen LogP contribution is 2.49. The molecule has 7 nitrogen and oxygen atoms in total. The van der Waals surface area contributed by atoms with E-state index in [2.05, 4.69) is 5.32 Å². The van der Waals surface area contributed by atoms with Gasteiger partial charge < -0.3 is 20.1 Å². The lowest BCUT2D eigenvalue weighted by Gasteiger charge is -2.42. The summed E-state index contributed by atoms with van der Waals surface area (Å²) < 4.78 is 1.88. The number of amides is 1. The molecule has 3 N–H and O–H groups in total. The van der Waals surface area contributed by atoms with Crippen LogP contribution in [0.4, 0.5) is 0 Å².